The molecular formula is C21H21NO4. The Morgan fingerprint density at radius 3 is 2.42 bits per heavy atom. The lowest BCUT2D eigenvalue weighted by Crippen LogP contribution is -2.29. The van der Waals surface area contributed by atoms with Crippen molar-refractivity contribution >= 4 is 11.0 Å². The van der Waals surface area contributed by atoms with Crippen LogP contribution in [0.3, 0.4) is 0 Å². The monoisotopic (exact) mass is 351 g/mol. The van der Waals surface area contributed by atoms with Crippen molar-refractivity contribution in [2.24, 2.45) is 0 Å². The Balaban J connectivity index is 1.96. The molecule has 0 bridgehead atoms. The van der Waals surface area contributed by atoms with Gasteiger partial charge < -0.3 is 19.5 Å². The zero-order valence-corrected chi connectivity index (χ0v) is 14.6. The van der Waals surface area contributed by atoms with Gasteiger partial charge in [0.25, 0.3) is 0 Å². The van der Waals surface area contributed by atoms with E-state index in [1.165, 1.54) is 12.1 Å². The van der Waals surface area contributed by atoms with Gasteiger partial charge in [-0.25, -0.2) is 0 Å². The predicted octanol–water partition coefficient (Wildman–Crippen LogP) is 3.68. The van der Waals surface area contributed by atoms with Gasteiger partial charge in [-0.2, -0.15) is 0 Å². The van der Waals surface area contributed by atoms with Crippen molar-refractivity contribution in [3.05, 3.63) is 58.3 Å². The van der Waals surface area contributed by atoms with Gasteiger partial charge in [-0.15, -0.1) is 0 Å². The van der Waals surface area contributed by atoms with Crippen molar-refractivity contribution in [3.8, 4) is 22.8 Å². The van der Waals surface area contributed by atoms with E-state index >= 15 is 0 Å². The number of phenolic OH excluding ortho intramolecular Hbond substituents is 2. The summed E-state index contributed by atoms with van der Waals surface area (Å²) in [5, 5.41) is 20.9. The van der Waals surface area contributed by atoms with Crippen LogP contribution < -0.4 is 5.43 Å². The number of piperidine rings is 1. The van der Waals surface area contributed by atoms with Crippen molar-refractivity contribution in [2.45, 2.75) is 18.8 Å². The van der Waals surface area contributed by atoms with Crippen LogP contribution in [0, 0.1) is 0 Å². The molecule has 26 heavy (non-hydrogen) atoms. The molecule has 0 atom stereocenters. The number of rotatable bonds is 2. The molecule has 1 aliphatic rings. The smallest absolute Gasteiger partial charge is 0.197 e. The molecule has 0 unspecified atom stereocenters. The minimum atomic E-state index is -0.309. The molecule has 0 aliphatic carbocycles. The number of benzene rings is 2. The van der Waals surface area contributed by atoms with Gasteiger partial charge in [-0.05, 0) is 38.9 Å². The molecule has 5 heteroatoms. The van der Waals surface area contributed by atoms with Crippen LogP contribution in [-0.2, 0) is 0 Å². The Morgan fingerprint density at radius 2 is 1.73 bits per heavy atom. The normalized spacial score (nSPS) is 16.2. The van der Waals surface area contributed by atoms with Crippen LogP contribution in [0.5, 0.6) is 11.5 Å². The van der Waals surface area contributed by atoms with E-state index in [2.05, 4.69) is 11.9 Å². The van der Waals surface area contributed by atoms with E-state index in [0.29, 0.717) is 16.9 Å². The van der Waals surface area contributed by atoms with Crippen molar-refractivity contribution in [2.75, 3.05) is 20.1 Å². The quantitative estimate of drug-likeness (QED) is 0.737. The van der Waals surface area contributed by atoms with Gasteiger partial charge in [0, 0.05) is 23.3 Å². The summed E-state index contributed by atoms with van der Waals surface area (Å²) in [6.07, 6.45) is 1.73. The lowest BCUT2D eigenvalue weighted by molar-refractivity contribution is 0.253. The molecule has 134 valence electrons. The first kappa shape index (κ1) is 16.7. The first-order valence-corrected chi connectivity index (χ1v) is 8.81. The van der Waals surface area contributed by atoms with Gasteiger partial charge in [0.2, 0.25) is 0 Å². The van der Waals surface area contributed by atoms with Crippen LogP contribution in [0.1, 0.15) is 24.3 Å². The van der Waals surface area contributed by atoms with Gasteiger partial charge in [0.15, 0.2) is 5.43 Å². The Hall–Kier alpha value is -2.79. The van der Waals surface area contributed by atoms with Gasteiger partial charge in [-0.1, -0.05) is 30.3 Å². The average molecular weight is 351 g/mol. The second-order valence-corrected chi connectivity index (χ2v) is 6.95. The molecule has 0 radical (unpaired) electrons. The number of hydrogen-bond donors (Lipinski definition) is 2. The van der Waals surface area contributed by atoms with Crippen LogP contribution >= 0.6 is 0 Å². The van der Waals surface area contributed by atoms with Gasteiger partial charge in [0.1, 0.15) is 28.2 Å². The van der Waals surface area contributed by atoms with E-state index in [1.54, 1.807) is 0 Å². The average Bonchev–Trinajstić information content (AvgIpc) is 2.63. The fraction of sp³-hybridized carbons (Fsp3) is 0.286. The van der Waals surface area contributed by atoms with Gasteiger partial charge >= 0.3 is 0 Å². The van der Waals surface area contributed by atoms with Crippen LogP contribution in [0.2, 0.25) is 0 Å². The summed E-state index contributed by atoms with van der Waals surface area (Å²) < 4.78 is 6.07. The summed E-state index contributed by atoms with van der Waals surface area (Å²) >= 11 is 0. The minimum absolute atomic E-state index is 0.0158. The third-order valence-electron chi connectivity index (χ3n) is 5.18. The minimum Gasteiger partial charge on any atom is -0.507 e. The molecule has 1 saturated heterocycles. The van der Waals surface area contributed by atoms with Crippen molar-refractivity contribution in [1.29, 1.82) is 0 Å². The van der Waals surface area contributed by atoms with E-state index in [0.717, 1.165) is 31.5 Å². The molecular weight excluding hydrogens is 330 g/mol. The van der Waals surface area contributed by atoms with Crippen molar-refractivity contribution in [3.63, 3.8) is 0 Å². The molecule has 0 amide bonds. The maximum atomic E-state index is 12.7. The number of hydrogen-bond acceptors (Lipinski definition) is 5. The number of nitrogens with zero attached hydrogens (tertiary/aromatic N) is 1. The summed E-state index contributed by atoms with van der Waals surface area (Å²) in [7, 11) is 2.07. The molecule has 2 aromatic carbocycles. The third-order valence-corrected chi connectivity index (χ3v) is 5.18. The lowest BCUT2D eigenvalue weighted by atomic mass is 9.87. The van der Waals surface area contributed by atoms with E-state index in [-0.39, 0.29) is 28.2 Å². The molecule has 5 nitrogen and oxygen atoms in total. The fourth-order valence-electron chi connectivity index (χ4n) is 3.76. The SMILES string of the molecule is CN1CCC(c2c(O)cc(O)c3c(=O)cc(-c4ccccc4)oc23)CC1. The summed E-state index contributed by atoms with van der Waals surface area (Å²) in [6, 6.07) is 12.0. The molecule has 1 aromatic heterocycles. The number of aromatic hydroxyl groups is 2. The molecule has 0 spiro atoms. The maximum absolute atomic E-state index is 12.7. The van der Waals surface area contributed by atoms with Gasteiger partial charge in [0.05, 0.1) is 0 Å². The van der Waals surface area contributed by atoms with Crippen LogP contribution in [-0.4, -0.2) is 35.3 Å². The van der Waals surface area contributed by atoms with E-state index in [9.17, 15) is 15.0 Å². The summed E-state index contributed by atoms with van der Waals surface area (Å²) in [5.74, 6) is 0.256. The highest BCUT2D eigenvalue weighted by Gasteiger charge is 2.27. The topological polar surface area (TPSA) is 73.9 Å². The first-order valence-electron chi connectivity index (χ1n) is 8.81. The second kappa shape index (κ2) is 6.50. The predicted molar refractivity (Wildman–Crippen MR) is 101 cm³/mol. The van der Waals surface area contributed by atoms with E-state index in [4.69, 9.17) is 4.42 Å². The van der Waals surface area contributed by atoms with Crippen molar-refractivity contribution in [1.82, 2.24) is 4.90 Å². The maximum Gasteiger partial charge on any atom is 0.197 e. The van der Waals surface area contributed by atoms with E-state index in [1.807, 2.05) is 30.3 Å². The zero-order valence-electron chi connectivity index (χ0n) is 14.6. The zero-order chi connectivity index (χ0) is 18.3. The van der Waals surface area contributed by atoms with Gasteiger partial charge in [-0.3, -0.25) is 4.79 Å². The molecule has 0 saturated carbocycles. The number of fused-ring (bicyclic) bond motifs is 1. The lowest BCUT2D eigenvalue weighted by Gasteiger charge is -2.29. The number of likely N-dealkylation sites (tertiary alicyclic amines) is 1. The highest BCUT2D eigenvalue weighted by atomic mass is 16.3. The van der Waals surface area contributed by atoms with Crippen LogP contribution in [0.4, 0.5) is 0 Å². The Kier molecular flexibility index (Phi) is 4.17. The van der Waals surface area contributed by atoms with Crippen molar-refractivity contribution < 1.29 is 14.6 Å². The molecule has 1 fully saturated rings. The van der Waals surface area contributed by atoms with Crippen LogP contribution in [0.15, 0.2) is 51.7 Å². The molecule has 4 rings (SSSR count). The fourth-order valence-corrected chi connectivity index (χ4v) is 3.76. The summed E-state index contributed by atoms with van der Waals surface area (Å²) in [4.78, 5) is 14.9. The number of phenols is 2. The first-order chi connectivity index (χ1) is 12.5. The third kappa shape index (κ3) is 2.84. The molecule has 2 N–H and O–H groups in total. The van der Waals surface area contributed by atoms with E-state index < -0.39 is 0 Å². The Labute approximate surface area is 151 Å². The van der Waals surface area contributed by atoms with Crippen LogP contribution in [0.25, 0.3) is 22.3 Å². The largest absolute Gasteiger partial charge is 0.507 e. The Bertz CT molecular complexity index is 1000. The molecule has 1 aliphatic heterocycles. The Morgan fingerprint density at radius 1 is 1.04 bits per heavy atom. The summed E-state index contributed by atoms with van der Waals surface area (Å²) in [5.41, 5.74) is 1.39. The molecule has 3 aromatic rings. The second-order valence-electron chi connectivity index (χ2n) is 6.95. The summed E-state index contributed by atoms with van der Waals surface area (Å²) in [6.45, 7) is 1.82. The highest BCUT2D eigenvalue weighted by Crippen LogP contribution is 2.42. The highest BCUT2D eigenvalue weighted by molar-refractivity contribution is 5.89. The molecule has 2 heterocycles. The standard InChI is InChI=1S/C21H21NO4/c1-22-9-7-14(8-10-22)19-15(23)11-16(24)20-17(25)12-18(26-21(19)20)13-5-3-2-4-6-13/h2-6,11-12,14,23-24H,7-10H2,1H3.